The molecule has 0 radical (unpaired) electrons. The molecule has 76 valence electrons. The molecule has 0 aliphatic heterocycles. The van der Waals surface area contributed by atoms with E-state index in [0.717, 1.165) is 19.4 Å². The second-order valence-corrected chi connectivity index (χ2v) is 3.99. The van der Waals surface area contributed by atoms with Gasteiger partial charge in [-0.1, -0.05) is 11.6 Å². The average molecular weight is 214 g/mol. The molecule has 0 atom stereocenters. The van der Waals surface area contributed by atoms with Crippen LogP contribution in [0.2, 0.25) is 5.15 Å². The lowest BCUT2D eigenvalue weighted by atomic mass is 9.82. The first kappa shape index (κ1) is 9.68. The highest BCUT2D eigenvalue weighted by Gasteiger charge is 2.26. The average Bonchev–Trinajstić information content (AvgIpc) is 2.11. The van der Waals surface area contributed by atoms with Gasteiger partial charge in [-0.3, -0.25) is 4.98 Å². The molecule has 0 amide bonds. The summed E-state index contributed by atoms with van der Waals surface area (Å²) in [5, 5.41) is 12.6. The van der Waals surface area contributed by atoms with Crippen LogP contribution in [0.4, 0.5) is 5.82 Å². The minimum Gasteiger partial charge on any atom is -0.393 e. The summed E-state index contributed by atoms with van der Waals surface area (Å²) in [6.07, 6.45) is 4.79. The molecular weight excluding hydrogens is 202 g/mol. The van der Waals surface area contributed by atoms with Crippen LogP contribution >= 0.6 is 11.6 Å². The van der Waals surface area contributed by atoms with Gasteiger partial charge in [0.2, 0.25) is 0 Å². The van der Waals surface area contributed by atoms with Gasteiger partial charge in [0.25, 0.3) is 0 Å². The van der Waals surface area contributed by atoms with Crippen LogP contribution in [-0.4, -0.2) is 27.7 Å². The molecule has 14 heavy (non-hydrogen) atoms. The van der Waals surface area contributed by atoms with Crippen LogP contribution in [0.5, 0.6) is 0 Å². The minimum atomic E-state index is -0.104. The van der Waals surface area contributed by atoms with Crippen molar-refractivity contribution in [1.29, 1.82) is 0 Å². The molecule has 1 saturated carbocycles. The Balaban J connectivity index is 1.80. The Morgan fingerprint density at radius 3 is 2.93 bits per heavy atom. The highest BCUT2D eigenvalue weighted by Crippen LogP contribution is 2.26. The number of aromatic nitrogens is 2. The van der Waals surface area contributed by atoms with Gasteiger partial charge in [-0.2, -0.15) is 0 Å². The number of aliphatic hydroxyl groups excluding tert-OH is 1. The first-order chi connectivity index (χ1) is 6.74. The molecule has 1 fully saturated rings. The van der Waals surface area contributed by atoms with Gasteiger partial charge < -0.3 is 10.4 Å². The van der Waals surface area contributed by atoms with Crippen LogP contribution in [0.25, 0.3) is 0 Å². The number of hydrogen-bond donors (Lipinski definition) is 2. The van der Waals surface area contributed by atoms with E-state index in [1.807, 2.05) is 0 Å². The van der Waals surface area contributed by atoms with Gasteiger partial charge >= 0.3 is 0 Å². The largest absolute Gasteiger partial charge is 0.393 e. The van der Waals surface area contributed by atoms with E-state index in [2.05, 4.69) is 15.3 Å². The summed E-state index contributed by atoms with van der Waals surface area (Å²) in [4.78, 5) is 7.97. The van der Waals surface area contributed by atoms with Crippen LogP contribution in [-0.2, 0) is 0 Å². The van der Waals surface area contributed by atoms with Crippen molar-refractivity contribution in [2.45, 2.75) is 18.9 Å². The Morgan fingerprint density at radius 1 is 1.50 bits per heavy atom. The van der Waals surface area contributed by atoms with Crippen molar-refractivity contribution in [2.75, 3.05) is 11.9 Å². The number of aliphatic hydroxyl groups is 1. The zero-order valence-electron chi connectivity index (χ0n) is 7.65. The summed E-state index contributed by atoms with van der Waals surface area (Å²) in [7, 11) is 0. The van der Waals surface area contributed by atoms with E-state index < -0.39 is 0 Å². The molecule has 4 nitrogen and oxygen atoms in total. The smallest absolute Gasteiger partial charge is 0.149 e. The lowest BCUT2D eigenvalue weighted by molar-refractivity contribution is 0.0486. The summed E-state index contributed by atoms with van der Waals surface area (Å²) < 4.78 is 0. The van der Waals surface area contributed by atoms with Gasteiger partial charge in [0.15, 0.2) is 0 Å². The monoisotopic (exact) mass is 213 g/mol. The van der Waals surface area contributed by atoms with Gasteiger partial charge in [-0.15, -0.1) is 0 Å². The summed E-state index contributed by atoms with van der Waals surface area (Å²) in [6, 6.07) is 0. The molecule has 1 aliphatic carbocycles. The molecule has 1 aromatic heterocycles. The highest BCUT2D eigenvalue weighted by atomic mass is 35.5. The Morgan fingerprint density at radius 2 is 2.29 bits per heavy atom. The predicted molar refractivity (Wildman–Crippen MR) is 54.3 cm³/mol. The zero-order valence-corrected chi connectivity index (χ0v) is 8.41. The first-order valence-corrected chi connectivity index (χ1v) is 5.01. The maximum atomic E-state index is 9.08. The highest BCUT2D eigenvalue weighted by molar-refractivity contribution is 6.29. The topological polar surface area (TPSA) is 58.0 Å². The molecule has 0 spiro atoms. The molecule has 0 saturated heterocycles. The van der Waals surface area contributed by atoms with Crippen molar-refractivity contribution < 1.29 is 5.11 Å². The molecule has 1 aliphatic rings. The summed E-state index contributed by atoms with van der Waals surface area (Å²) in [6.45, 7) is 0.825. The molecule has 2 N–H and O–H groups in total. The van der Waals surface area contributed by atoms with Crippen LogP contribution in [0.15, 0.2) is 12.4 Å². The van der Waals surface area contributed by atoms with Crippen molar-refractivity contribution >= 4 is 17.4 Å². The number of rotatable bonds is 3. The predicted octanol–water partition coefficient (Wildman–Crippen LogP) is 1.31. The molecule has 0 bridgehead atoms. The third-order valence-electron chi connectivity index (χ3n) is 2.39. The van der Waals surface area contributed by atoms with Gasteiger partial charge in [0.1, 0.15) is 11.0 Å². The second-order valence-electron chi connectivity index (χ2n) is 3.60. The molecular formula is C9H12ClN3O. The number of hydrogen-bond acceptors (Lipinski definition) is 4. The second kappa shape index (κ2) is 4.11. The fourth-order valence-corrected chi connectivity index (χ4v) is 1.69. The third-order valence-corrected chi connectivity index (χ3v) is 2.57. The van der Waals surface area contributed by atoms with Crippen LogP contribution in [0.1, 0.15) is 12.8 Å². The summed E-state index contributed by atoms with van der Waals surface area (Å²) in [5.74, 6) is 1.24. The van der Waals surface area contributed by atoms with Crippen molar-refractivity contribution in [1.82, 2.24) is 9.97 Å². The molecule has 0 unspecified atom stereocenters. The van der Waals surface area contributed by atoms with E-state index >= 15 is 0 Å². The summed E-state index contributed by atoms with van der Waals surface area (Å²) >= 11 is 5.68. The van der Waals surface area contributed by atoms with E-state index in [1.54, 1.807) is 6.20 Å². The van der Waals surface area contributed by atoms with E-state index in [-0.39, 0.29) is 6.10 Å². The number of nitrogens with one attached hydrogen (secondary N) is 1. The standard InChI is InChI=1S/C9H12ClN3O/c10-8-4-11-5-9(13-8)12-3-6-1-7(14)2-6/h4-7,14H,1-3H2,(H,12,13). The Labute approximate surface area is 87.3 Å². The fourth-order valence-electron chi connectivity index (χ4n) is 1.54. The zero-order chi connectivity index (χ0) is 9.97. The fraction of sp³-hybridized carbons (Fsp3) is 0.556. The molecule has 5 heteroatoms. The van der Waals surface area contributed by atoms with Crippen LogP contribution in [0.3, 0.4) is 0 Å². The van der Waals surface area contributed by atoms with Crippen LogP contribution < -0.4 is 5.32 Å². The van der Waals surface area contributed by atoms with E-state index in [9.17, 15) is 0 Å². The lowest BCUT2D eigenvalue weighted by Crippen LogP contribution is -2.33. The van der Waals surface area contributed by atoms with Gasteiger partial charge in [-0.05, 0) is 18.8 Å². The molecule has 1 heterocycles. The quantitative estimate of drug-likeness (QED) is 0.795. The van der Waals surface area contributed by atoms with Crippen molar-refractivity contribution in [2.24, 2.45) is 5.92 Å². The SMILES string of the molecule is OC1CC(CNc2cncc(Cl)n2)C1. The van der Waals surface area contributed by atoms with E-state index in [1.165, 1.54) is 6.20 Å². The molecule has 2 rings (SSSR count). The first-order valence-electron chi connectivity index (χ1n) is 4.63. The number of halogens is 1. The van der Waals surface area contributed by atoms with Gasteiger partial charge in [0, 0.05) is 6.54 Å². The van der Waals surface area contributed by atoms with Crippen molar-refractivity contribution in [3.05, 3.63) is 17.5 Å². The van der Waals surface area contributed by atoms with Crippen molar-refractivity contribution in [3.8, 4) is 0 Å². The Bertz CT molecular complexity index is 315. The van der Waals surface area contributed by atoms with E-state index in [0.29, 0.717) is 16.9 Å². The number of anilines is 1. The van der Waals surface area contributed by atoms with Gasteiger partial charge in [0.05, 0.1) is 18.5 Å². The maximum absolute atomic E-state index is 9.08. The Hall–Kier alpha value is -0.870. The van der Waals surface area contributed by atoms with Crippen LogP contribution in [0, 0.1) is 5.92 Å². The van der Waals surface area contributed by atoms with Crippen molar-refractivity contribution in [3.63, 3.8) is 0 Å². The maximum Gasteiger partial charge on any atom is 0.149 e. The van der Waals surface area contributed by atoms with Gasteiger partial charge in [-0.25, -0.2) is 4.98 Å². The molecule has 1 aromatic rings. The summed E-state index contributed by atoms with van der Waals surface area (Å²) in [5.41, 5.74) is 0. The number of nitrogens with zero attached hydrogens (tertiary/aromatic N) is 2. The third kappa shape index (κ3) is 2.33. The Kier molecular flexibility index (Phi) is 2.84. The minimum absolute atomic E-state index is 0.104. The lowest BCUT2D eigenvalue weighted by Gasteiger charge is -2.31. The normalized spacial score (nSPS) is 25.6. The molecule has 0 aromatic carbocycles. The van der Waals surface area contributed by atoms with E-state index in [4.69, 9.17) is 16.7 Å².